The zero-order valence-electron chi connectivity index (χ0n) is 18.9. The molecule has 0 fully saturated rings. The molecule has 4 N–H and O–H groups in total. The summed E-state index contributed by atoms with van der Waals surface area (Å²) in [5.41, 5.74) is 13.7. The third kappa shape index (κ3) is 6.20. The van der Waals surface area contributed by atoms with Gasteiger partial charge in [0.05, 0.1) is 38.0 Å². The fourth-order valence-electron chi connectivity index (χ4n) is 3.18. The Morgan fingerprint density at radius 1 is 0.829 bits per heavy atom. The lowest BCUT2D eigenvalue weighted by Gasteiger charge is -2.18. The summed E-state index contributed by atoms with van der Waals surface area (Å²) in [4.78, 5) is 24.5. The Hall–Kier alpha value is -2.94. The summed E-state index contributed by atoms with van der Waals surface area (Å²) in [6, 6.07) is 0. The Labute approximate surface area is 204 Å². The summed E-state index contributed by atoms with van der Waals surface area (Å²) in [5.74, 6) is 0.582. The van der Waals surface area contributed by atoms with E-state index in [-0.39, 0.29) is 25.8 Å². The fourth-order valence-corrected chi connectivity index (χ4v) is 3.87. The fraction of sp³-hybridized carbons (Fsp3) is 0.444. The molecule has 35 heavy (non-hydrogen) atoms. The van der Waals surface area contributed by atoms with Gasteiger partial charge in [0.25, 0.3) is 0 Å². The van der Waals surface area contributed by atoms with Gasteiger partial charge in [-0.25, -0.2) is 34.5 Å². The van der Waals surface area contributed by atoms with E-state index in [2.05, 4.69) is 29.9 Å². The van der Waals surface area contributed by atoms with Crippen molar-refractivity contribution in [2.75, 3.05) is 25.1 Å². The van der Waals surface area contributed by atoms with Crippen molar-refractivity contribution in [3.8, 4) is 0 Å². The van der Waals surface area contributed by atoms with E-state index in [0.717, 1.165) is 0 Å². The van der Waals surface area contributed by atoms with E-state index in [9.17, 15) is 4.57 Å². The predicted molar refractivity (Wildman–Crippen MR) is 126 cm³/mol. The average Bonchev–Trinajstić information content (AvgIpc) is 3.40. The maximum Gasteiger partial charge on any atom is 0.428 e. The van der Waals surface area contributed by atoms with E-state index >= 15 is 0 Å². The molecule has 4 aromatic heterocycles. The molecule has 0 amide bonds. The summed E-state index contributed by atoms with van der Waals surface area (Å²) in [6.45, 7) is -0.269. The van der Waals surface area contributed by atoms with Gasteiger partial charge in [-0.2, -0.15) is 0 Å². The molecule has 188 valence electrons. The van der Waals surface area contributed by atoms with E-state index in [4.69, 9.17) is 41.2 Å². The minimum absolute atomic E-state index is 0.291. The minimum atomic E-state index is -3.93. The second-order valence-electron chi connectivity index (χ2n) is 7.54. The number of hydrogen-bond acceptors (Lipinski definition) is 13. The van der Waals surface area contributed by atoms with Crippen molar-refractivity contribution >= 4 is 52.2 Å². The number of hydrogen-bond donors (Lipinski definition) is 2. The molecule has 4 rings (SSSR count). The summed E-state index contributed by atoms with van der Waals surface area (Å²) in [5, 5.41) is 0. The van der Waals surface area contributed by atoms with Crippen LogP contribution in [0.1, 0.15) is 13.8 Å². The molecule has 17 heteroatoms. The Morgan fingerprint density at radius 3 is 1.69 bits per heavy atom. The van der Waals surface area contributed by atoms with Crippen LogP contribution in [-0.2, 0) is 36.2 Å². The molecule has 0 bridgehead atoms. The zero-order chi connectivity index (χ0) is 25.0. The van der Waals surface area contributed by atoms with Crippen LogP contribution in [-0.4, -0.2) is 64.8 Å². The normalized spacial score (nSPS) is 14.0. The topological polar surface area (TPSA) is 193 Å². The molecule has 0 aliphatic heterocycles. The van der Waals surface area contributed by atoms with E-state index in [1.54, 1.807) is 35.6 Å². The smallest absolute Gasteiger partial charge is 0.382 e. The minimum Gasteiger partial charge on any atom is -0.382 e. The first-order valence-electron chi connectivity index (χ1n) is 10.4. The number of fused-ring (bicyclic) bond motifs is 2. The summed E-state index contributed by atoms with van der Waals surface area (Å²) >= 11 is 5.84. The molecule has 4 aromatic rings. The molecule has 0 spiro atoms. The van der Waals surface area contributed by atoms with E-state index in [1.165, 1.54) is 12.7 Å². The van der Waals surface area contributed by atoms with Gasteiger partial charge in [0.1, 0.15) is 23.7 Å². The van der Waals surface area contributed by atoms with Gasteiger partial charge in [-0.15, -0.1) is 0 Å². The van der Waals surface area contributed by atoms with Gasteiger partial charge in [-0.3, -0.25) is 9.05 Å². The van der Waals surface area contributed by atoms with Gasteiger partial charge in [-0.1, -0.05) is 0 Å². The van der Waals surface area contributed by atoms with Gasteiger partial charge in [0, 0.05) is 11.2 Å². The lowest BCUT2D eigenvalue weighted by Crippen LogP contribution is -2.19. The molecule has 4 heterocycles. The molecule has 15 nitrogen and oxygen atoms in total. The number of imidazole rings is 2. The number of ether oxygens (including phenoxy) is 2. The summed E-state index contributed by atoms with van der Waals surface area (Å²) in [6.07, 6.45) is 5.18. The molecule has 0 aromatic carbocycles. The molecule has 0 aliphatic rings. The molecular weight excluding hydrogens is 503 g/mol. The van der Waals surface area contributed by atoms with Gasteiger partial charge in [-0.05, 0) is 13.8 Å². The second kappa shape index (κ2) is 10.8. The maximum atomic E-state index is 12.3. The van der Waals surface area contributed by atoms with Gasteiger partial charge in [0.2, 0.25) is 0 Å². The molecule has 0 saturated carbocycles. The standard InChI is InChI=1S/C18H24ClN10O5P/c1-11(3-28-7-26-13-15(20)22-5-24-17(13)28)31-9-33-35(19,30)34-10-32-12(2)4-29-8-27-14-16(21)23-6-25-18(14)29/h5-8,11-12H,3-4,9-10H2,1-2H3,(H2,20,22,24)(H2,21,23,25)/t11-,12-/m1/s1. The van der Waals surface area contributed by atoms with Crippen LogP contribution < -0.4 is 11.5 Å². The number of nitrogen functional groups attached to an aromatic ring is 2. The van der Waals surface area contributed by atoms with Crippen LogP contribution in [0.15, 0.2) is 25.3 Å². The third-order valence-electron chi connectivity index (χ3n) is 4.89. The molecule has 0 radical (unpaired) electrons. The van der Waals surface area contributed by atoms with Crippen molar-refractivity contribution in [1.82, 2.24) is 39.0 Å². The first-order valence-corrected chi connectivity index (χ1v) is 12.8. The van der Waals surface area contributed by atoms with Gasteiger partial charge < -0.3 is 30.1 Å². The monoisotopic (exact) mass is 526 g/mol. The summed E-state index contributed by atoms with van der Waals surface area (Å²) in [7, 11) is 0. The highest BCUT2D eigenvalue weighted by atomic mass is 35.7. The van der Waals surface area contributed by atoms with E-state index in [1.807, 2.05) is 0 Å². The van der Waals surface area contributed by atoms with Crippen molar-refractivity contribution in [3.63, 3.8) is 0 Å². The first kappa shape index (κ1) is 25.2. The van der Waals surface area contributed by atoms with Crippen molar-refractivity contribution < 1.29 is 23.1 Å². The Morgan fingerprint density at radius 2 is 1.26 bits per heavy atom. The number of rotatable bonds is 12. The van der Waals surface area contributed by atoms with Gasteiger partial charge >= 0.3 is 6.95 Å². The number of anilines is 2. The quantitative estimate of drug-likeness (QED) is 0.201. The Bertz CT molecular complexity index is 1250. The average molecular weight is 527 g/mol. The van der Waals surface area contributed by atoms with Crippen molar-refractivity contribution in [3.05, 3.63) is 25.3 Å². The highest BCUT2D eigenvalue weighted by Crippen LogP contribution is 2.53. The van der Waals surface area contributed by atoms with Crippen LogP contribution in [0.5, 0.6) is 0 Å². The Kier molecular flexibility index (Phi) is 7.74. The molecular formula is C18H24ClN10O5P. The predicted octanol–water partition coefficient (Wildman–Crippen LogP) is 1.94. The van der Waals surface area contributed by atoms with Crippen LogP contribution >= 0.6 is 18.2 Å². The highest BCUT2D eigenvalue weighted by Gasteiger charge is 2.22. The van der Waals surface area contributed by atoms with Crippen LogP contribution in [0.2, 0.25) is 0 Å². The van der Waals surface area contributed by atoms with Crippen LogP contribution in [0.4, 0.5) is 11.6 Å². The van der Waals surface area contributed by atoms with Crippen LogP contribution in [0, 0.1) is 0 Å². The second-order valence-corrected chi connectivity index (χ2v) is 10.2. The molecule has 0 saturated heterocycles. The van der Waals surface area contributed by atoms with E-state index < -0.39 is 6.95 Å². The van der Waals surface area contributed by atoms with Crippen LogP contribution in [0.25, 0.3) is 22.3 Å². The number of halogens is 1. The first-order chi connectivity index (χ1) is 16.7. The van der Waals surface area contributed by atoms with Crippen molar-refractivity contribution in [2.24, 2.45) is 0 Å². The largest absolute Gasteiger partial charge is 0.428 e. The highest BCUT2D eigenvalue weighted by molar-refractivity contribution is 7.81. The zero-order valence-corrected chi connectivity index (χ0v) is 20.5. The van der Waals surface area contributed by atoms with Crippen molar-refractivity contribution in [1.29, 1.82) is 0 Å². The lowest BCUT2D eigenvalue weighted by atomic mass is 10.4. The summed E-state index contributed by atoms with van der Waals surface area (Å²) < 4.78 is 37.0. The van der Waals surface area contributed by atoms with Gasteiger partial charge in [0.15, 0.2) is 36.5 Å². The molecule has 0 aliphatic carbocycles. The number of aromatic nitrogens is 8. The van der Waals surface area contributed by atoms with Crippen molar-refractivity contribution in [2.45, 2.75) is 39.1 Å². The number of nitrogens with zero attached hydrogens (tertiary/aromatic N) is 8. The lowest BCUT2D eigenvalue weighted by molar-refractivity contribution is -0.0617. The van der Waals surface area contributed by atoms with E-state index in [0.29, 0.717) is 47.1 Å². The molecule has 0 unspecified atom stereocenters. The Balaban J connectivity index is 1.18. The third-order valence-corrected chi connectivity index (χ3v) is 6.30. The maximum absolute atomic E-state index is 12.3. The number of nitrogens with two attached hydrogens (primary N) is 2. The molecule has 2 atom stereocenters. The SMILES string of the molecule is C[C@H](Cn1cnc2c(N)ncnc21)OCOP(=O)(Cl)OCO[C@H](C)Cn1cnc2c(N)ncnc21. The van der Waals surface area contributed by atoms with Crippen LogP contribution in [0.3, 0.4) is 0 Å².